The highest BCUT2D eigenvalue weighted by Crippen LogP contribution is 2.54. The van der Waals surface area contributed by atoms with Gasteiger partial charge < -0.3 is 19.3 Å². The Morgan fingerprint density at radius 3 is 1.23 bits per heavy atom. The monoisotopic (exact) mass is 614 g/mol. The Balaban J connectivity index is 1.57. The third-order valence-corrected chi connectivity index (χ3v) is 11.5. The summed E-state index contributed by atoms with van der Waals surface area (Å²) in [6, 6.07) is 18.1. The highest BCUT2D eigenvalue weighted by molar-refractivity contribution is 7.18. The van der Waals surface area contributed by atoms with Crippen LogP contribution in [0.5, 0.6) is 10.1 Å². The number of anilines is 2. The van der Waals surface area contributed by atoms with Crippen LogP contribution in [0.15, 0.2) is 48.5 Å². The number of allylic oxidation sites excluding steroid dienone is 2. The van der Waals surface area contributed by atoms with Crippen molar-refractivity contribution in [1.82, 2.24) is 0 Å². The fraction of sp³-hybridized carbons (Fsp3) is 0.405. The number of nitrogens with zero attached hydrogens (tertiary/aromatic N) is 2. The van der Waals surface area contributed by atoms with Crippen LogP contribution in [0.4, 0.5) is 11.4 Å². The molecule has 0 atom stereocenters. The van der Waals surface area contributed by atoms with Crippen molar-refractivity contribution in [1.29, 1.82) is 0 Å². The summed E-state index contributed by atoms with van der Waals surface area (Å²) in [6.07, 6.45) is 3.25. The van der Waals surface area contributed by atoms with Gasteiger partial charge in [-0.15, -0.1) is 0 Å². The number of ether oxygens (including phenoxy) is 2. The molecule has 4 aromatic rings. The molecule has 2 aromatic heterocycles. The number of methoxy groups -OCH3 is 2. The normalized spacial score (nSPS) is 13.1. The molecule has 2 heterocycles. The Bertz CT molecular complexity index is 1450. The van der Waals surface area contributed by atoms with Crippen LogP contribution in [0.2, 0.25) is 0 Å². The third kappa shape index (κ3) is 5.84. The molecular formula is C37H46N2O2S2. The van der Waals surface area contributed by atoms with Crippen molar-refractivity contribution < 1.29 is 9.47 Å². The summed E-state index contributed by atoms with van der Waals surface area (Å²) >= 11 is 3.54. The molecule has 4 nitrogen and oxygen atoms in total. The van der Waals surface area contributed by atoms with E-state index in [2.05, 4.69) is 99.9 Å². The minimum atomic E-state index is 1.01. The molecule has 0 saturated heterocycles. The van der Waals surface area contributed by atoms with Gasteiger partial charge in [0, 0.05) is 58.4 Å². The Kier molecular flexibility index (Phi) is 9.88. The van der Waals surface area contributed by atoms with Crippen LogP contribution in [0.25, 0.3) is 32.0 Å². The van der Waals surface area contributed by atoms with Gasteiger partial charge in [0.25, 0.3) is 0 Å². The van der Waals surface area contributed by atoms with Crippen LogP contribution in [-0.4, -0.2) is 40.4 Å². The van der Waals surface area contributed by atoms with Crippen LogP contribution in [0.1, 0.15) is 69.2 Å². The Labute approximate surface area is 266 Å². The van der Waals surface area contributed by atoms with E-state index >= 15 is 0 Å². The van der Waals surface area contributed by atoms with Gasteiger partial charge in [0.15, 0.2) is 10.1 Å². The summed E-state index contributed by atoms with van der Waals surface area (Å²) in [6.45, 7) is 17.4. The van der Waals surface area contributed by atoms with Gasteiger partial charge in [-0.3, -0.25) is 0 Å². The first kappa shape index (κ1) is 31.2. The van der Waals surface area contributed by atoms with Crippen molar-refractivity contribution in [3.05, 3.63) is 70.8 Å². The van der Waals surface area contributed by atoms with E-state index in [0.29, 0.717) is 0 Å². The molecular weight excluding hydrogens is 569 g/mol. The molecule has 0 fully saturated rings. The van der Waals surface area contributed by atoms with E-state index < -0.39 is 0 Å². The lowest BCUT2D eigenvalue weighted by Crippen LogP contribution is -2.21. The zero-order chi connectivity index (χ0) is 30.7. The van der Waals surface area contributed by atoms with Gasteiger partial charge in [-0.05, 0) is 118 Å². The fourth-order valence-corrected chi connectivity index (χ4v) is 8.94. The molecule has 0 radical (unpaired) electrons. The van der Waals surface area contributed by atoms with Gasteiger partial charge in [-0.25, -0.2) is 0 Å². The van der Waals surface area contributed by atoms with Crippen molar-refractivity contribution in [2.45, 2.75) is 60.8 Å². The maximum atomic E-state index is 6.08. The van der Waals surface area contributed by atoms with Crippen molar-refractivity contribution in [2.24, 2.45) is 0 Å². The number of thiophene rings is 2. The second-order valence-corrected chi connectivity index (χ2v) is 13.1. The molecule has 43 heavy (non-hydrogen) atoms. The quantitative estimate of drug-likeness (QED) is 0.158. The summed E-state index contributed by atoms with van der Waals surface area (Å²) in [4.78, 5) is 7.35. The lowest BCUT2D eigenvalue weighted by molar-refractivity contribution is 0.425. The largest absolute Gasteiger partial charge is 0.487 e. The van der Waals surface area contributed by atoms with Crippen molar-refractivity contribution >= 4 is 45.2 Å². The predicted octanol–water partition coefficient (Wildman–Crippen LogP) is 10.6. The molecule has 0 saturated carbocycles. The zero-order valence-corrected chi connectivity index (χ0v) is 28.7. The van der Waals surface area contributed by atoms with Crippen molar-refractivity contribution in [3.63, 3.8) is 0 Å². The lowest BCUT2D eigenvalue weighted by Gasteiger charge is -2.21. The highest BCUT2D eigenvalue weighted by atomic mass is 32.1. The summed E-state index contributed by atoms with van der Waals surface area (Å²) in [5, 5.41) is 2.02. The van der Waals surface area contributed by atoms with E-state index in [1.54, 1.807) is 22.7 Å². The Morgan fingerprint density at radius 2 is 0.930 bits per heavy atom. The average Bonchev–Trinajstić information content (AvgIpc) is 3.73. The van der Waals surface area contributed by atoms with Crippen LogP contribution < -0.4 is 19.3 Å². The topological polar surface area (TPSA) is 24.9 Å². The van der Waals surface area contributed by atoms with E-state index in [1.165, 1.54) is 65.7 Å². The van der Waals surface area contributed by atoms with Gasteiger partial charge in [-0.1, -0.05) is 46.9 Å². The predicted molar refractivity (Wildman–Crippen MR) is 190 cm³/mol. The Hall–Kier alpha value is -3.22. The van der Waals surface area contributed by atoms with Crippen LogP contribution in [-0.2, 0) is 0 Å². The molecule has 1 aliphatic rings. The average molecular weight is 615 g/mol. The molecule has 0 bridgehead atoms. The van der Waals surface area contributed by atoms with Crippen LogP contribution in [0, 0.1) is 13.8 Å². The second kappa shape index (κ2) is 13.6. The first-order valence-electron chi connectivity index (χ1n) is 15.7. The van der Waals surface area contributed by atoms with Crippen molar-refractivity contribution in [2.75, 3.05) is 50.2 Å². The van der Waals surface area contributed by atoms with Gasteiger partial charge in [0.05, 0.1) is 14.2 Å². The lowest BCUT2D eigenvalue weighted by atomic mass is 9.93. The van der Waals surface area contributed by atoms with E-state index in [0.717, 1.165) is 55.6 Å². The van der Waals surface area contributed by atoms with Crippen LogP contribution >= 0.6 is 22.7 Å². The number of hydrogen-bond donors (Lipinski definition) is 0. The molecule has 228 valence electrons. The molecule has 6 heteroatoms. The molecule has 0 N–H and O–H groups in total. The number of rotatable bonds is 12. The summed E-state index contributed by atoms with van der Waals surface area (Å²) in [5.41, 5.74) is 13.1. The van der Waals surface area contributed by atoms with E-state index in [-0.39, 0.29) is 0 Å². The third-order valence-electron chi connectivity index (χ3n) is 8.94. The molecule has 2 aromatic carbocycles. The molecule has 0 unspecified atom stereocenters. The number of benzene rings is 2. The molecule has 0 amide bonds. The summed E-state index contributed by atoms with van der Waals surface area (Å²) < 4.78 is 12.2. The molecule has 0 aliphatic heterocycles. The maximum absolute atomic E-state index is 6.08. The first-order valence-corrected chi connectivity index (χ1v) is 17.3. The van der Waals surface area contributed by atoms with E-state index in [1.807, 2.05) is 14.2 Å². The molecule has 1 aliphatic carbocycles. The molecule has 0 spiro atoms. The van der Waals surface area contributed by atoms with E-state index in [4.69, 9.17) is 9.47 Å². The van der Waals surface area contributed by atoms with Crippen LogP contribution in [0.3, 0.4) is 0 Å². The Morgan fingerprint density at radius 1 is 0.581 bits per heavy atom. The second-order valence-electron chi connectivity index (χ2n) is 11.1. The summed E-state index contributed by atoms with van der Waals surface area (Å²) in [7, 11) is 3.63. The summed E-state index contributed by atoms with van der Waals surface area (Å²) in [5.74, 6) is 0. The minimum Gasteiger partial charge on any atom is -0.487 e. The van der Waals surface area contributed by atoms with Gasteiger partial charge in [-0.2, -0.15) is 0 Å². The maximum Gasteiger partial charge on any atom is 0.181 e. The van der Waals surface area contributed by atoms with Gasteiger partial charge in [0.2, 0.25) is 0 Å². The van der Waals surface area contributed by atoms with Gasteiger partial charge >= 0.3 is 0 Å². The smallest absolute Gasteiger partial charge is 0.181 e. The minimum absolute atomic E-state index is 1.01. The SMILES string of the molecule is CCN(CC)c1ccc(-c2sc(OC)c(C3=C(c4c(OC)sc(-c5ccc(N(CC)CC)cc5)c4C)CCC3)c2C)cc1. The fourth-order valence-electron chi connectivity index (χ4n) is 6.63. The van der Waals surface area contributed by atoms with Crippen molar-refractivity contribution in [3.8, 4) is 31.0 Å². The number of hydrogen-bond acceptors (Lipinski definition) is 6. The van der Waals surface area contributed by atoms with Gasteiger partial charge in [0.1, 0.15) is 0 Å². The first-order chi connectivity index (χ1) is 20.9. The van der Waals surface area contributed by atoms with E-state index in [9.17, 15) is 0 Å². The highest BCUT2D eigenvalue weighted by Gasteiger charge is 2.30. The standard InChI is InChI=1S/C37H46N2O2S2/c1-9-38(10-2)28-20-16-26(17-21-28)34-24(5)32(36(40-7)42-34)30-14-13-15-31(30)33-25(6)35(43-37(33)41-8)27-18-22-29(23-19-27)39(11-3)12-4/h16-23H,9-15H2,1-8H3. The molecule has 5 rings (SSSR count). The zero-order valence-electron chi connectivity index (χ0n) is 27.1.